The third kappa shape index (κ3) is 4.21. The number of benzene rings is 1. The maximum absolute atomic E-state index is 12.7. The van der Waals surface area contributed by atoms with Crippen LogP contribution in [0.2, 0.25) is 0 Å². The summed E-state index contributed by atoms with van der Waals surface area (Å²) in [6.07, 6.45) is 1.73. The van der Waals surface area contributed by atoms with Crippen molar-refractivity contribution >= 4 is 17.7 Å². The Morgan fingerprint density at radius 1 is 0.964 bits per heavy atom. The summed E-state index contributed by atoms with van der Waals surface area (Å²) in [5.74, 6) is -1.22. The maximum atomic E-state index is 12.7. The molecular weight excluding hydrogens is 358 g/mol. The van der Waals surface area contributed by atoms with Crippen molar-refractivity contribution in [1.82, 2.24) is 24.9 Å². The van der Waals surface area contributed by atoms with Gasteiger partial charge in [-0.3, -0.25) is 14.4 Å². The van der Waals surface area contributed by atoms with Crippen LogP contribution in [0, 0.1) is 6.92 Å². The van der Waals surface area contributed by atoms with E-state index in [1.807, 2.05) is 25.1 Å². The van der Waals surface area contributed by atoms with Gasteiger partial charge in [-0.1, -0.05) is 0 Å². The first kappa shape index (κ1) is 19.6. The van der Waals surface area contributed by atoms with Crippen molar-refractivity contribution in [1.29, 1.82) is 0 Å². The first-order chi connectivity index (χ1) is 13.4. The minimum atomic E-state index is -0.598. The first-order valence-electron chi connectivity index (χ1n) is 9.37. The quantitative estimate of drug-likeness (QED) is 0.801. The molecule has 0 spiro atoms. The van der Waals surface area contributed by atoms with Gasteiger partial charge in [0.25, 0.3) is 5.91 Å². The van der Waals surface area contributed by atoms with Gasteiger partial charge in [0, 0.05) is 49.7 Å². The average Bonchev–Trinajstić information content (AvgIpc) is 3.12. The van der Waals surface area contributed by atoms with E-state index in [1.54, 1.807) is 41.8 Å². The molecule has 8 nitrogen and oxygen atoms in total. The van der Waals surface area contributed by atoms with Crippen molar-refractivity contribution in [3.63, 3.8) is 0 Å². The molecule has 2 aromatic rings. The SMILES string of the molecule is Cc1ccnn1-c1ccc(C(=O)N2CCN(C(=O)C(=O)NC(C)C)CC2)cc1. The largest absolute Gasteiger partial charge is 0.346 e. The predicted molar refractivity (Wildman–Crippen MR) is 104 cm³/mol. The van der Waals surface area contributed by atoms with E-state index in [4.69, 9.17) is 0 Å². The lowest BCUT2D eigenvalue weighted by molar-refractivity contribution is -0.147. The fourth-order valence-electron chi connectivity index (χ4n) is 3.15. The third-order valence-corrected chi connectivity index (χ3v) is 4.66. The van der Waals surface area contributed by atoms with Crippen LogP contribution in [0.5, 0.6) is 0 Å². The molecule has 0 unspecified atom stereocenters. The summed E-state index contributed by atoms with van der Waals surface area (Å²) in [6.45, 7) is 7.08. The molecule has 0 atom stereocenters. The molecule has 1 fully saturated rings. The molecule has 0 aliphatic carbocycles. The van der Waals surface area contributed by atoms with Crippen molar-refractivity contribution in [3.05, 3.63) is 47.8 Å². The fraction of sp³-hybridized carbons (Fsp3) is 0.400. The van der Waals surface area contributed by atoms with Crippen molar-refractivity contribution in [2.24, 2.45) is 0 Å². The molecule has 0 bridgehead atoms. The third-order valence-electron chi connectivity index (χ3n) is 4.66. The van der Waals surface area contributed by atoms with Crippen LogP contribution in [0.4, 0.5) is 0 Å². The zero-order chi connectivity index (χ0) is 20.3. The number of aromatic nitrogens is 2. The number of hydrogen-bond donors (Lipinski definition) is 1. The number of aryl methyl sites for hydroxylation is 1. The number of carbonyl (C=O) groups excluding carboxylic acids is 3. The van der Waals surface area contributed by atoms with Gasteiger partial charge in [0.2, 0.25) is 0 Å². The second-order valence-electron chi connectivity index (χ2n) is 7.14. The number of carbonyl (C=O) groups is 3. The van der Waals surface area contributed by atoms with E-state index in [-0.39, 0.29) is 11.9 Å². The van der Waals surface area contributed by atoms with Crippen LogP contribution in [-0.2, 0) is 9.59 Å². The summed E-state index contributed by atoms with van der Waals surface area (Å²) in [4.78, 5) is 40.0. The first-order valence-corrected chi connectivity index (χ1v) is 9.37. The molecular formula is C20H25N5O3. The summed E-state index contributed by atoms with van der Waals surface area (Å²) in [7, 11) is 0. The highest BCUT2D eigenvalue weighted by molar-refractivity contribution is 6.35. The molecule has 1 aliphatic heterocycles. The molecule has 0 saturated carbocycles. The lowest BCUT2D eigenvalue weighted by Gasteiger charge is -2.34. The van der Waals surface area contributed by atoms with Crippen LogP contribution >= 0.6 is 0 Å². The molecule has 148 valence electrons. The topological polar surface area (TPSA) is 87.5 Å². The Labute approximate surface area is 164 Å². The summed E-state index contributed by atoms with van der Waals surface area (Å²) >= 11 is 0. The number of piperazine rings is 1. The van der Waals surface area contributed by atoms with Gasteiger partial charge in [-0.25, -0.2) is 4.68 Å². The Morgan fingerprint density at radius 3 is 2.11 bits per heavy atom. The van der Waals surface area contributed by atoms with E-state index >= 15 is 0 Å². The molecule has 3 amide bonds. The van der Waals surface area contributed by atoms with Crippen LogP contribution in [0.25, 0.3) is 5.69 Å². The van der Waals surface area contributed by atoms with E-state index in [2.05, 4.69) is 10.4 Å². The standard InChI is InChI=1S/C20H25N5O3/c1-14(2)22-18(26)20(28)24-12-10-23(11-13-24)19(27)16-4-6-17(7-5-16)25-15(3)8-9-21-25/h4-9,14H,10-13H2,1-3H3,(H,22,26). The summed E-state index contributed by atoms with van der Waals surface area (Å²) in [5, 5.41) is 6.86. The van der Waals surface area contributed by atoms with E-state index in [1.165, 1.54) is 4.90 Å². The Bertz CT molecular complexity index is 864. The van der Waals surface area contributed by atoms with Crippen LogP contribution in [0.15, 0.2) is 36.5 Å². The highest BCUT2D eigenvalue weighted by atomic mass is 16.2. The molecule has 28 heavy (non-hydrogen) atoms. The van der Waals surface area contributed by atoms with Gasteiger partial charge in [-0.15, -0.1) is 0 Å². The van der Waals surface area contributed by atoms with Crippen molar-refractivity contribution in [2.75, 3.05) is 26.2 Å². The number of nitrogens with zero attached hydrogens (tertiary/aromatic N) is 4. The molecule has 0 radical (unpaired) electrons. The molecule has 8 heteroatoms. The number of nitrogens with one attached hydrogen (secondary N) is 1. The molecule has 1 aromatic carbocycles. The van der Waals surface area contributed by atoms with E-state index in [0.29, 0.717) is 31.7 Å². The minimum absolute atomic E-state index is 0.0810. The number of hydrogen-bond acceptors (Lipinski definition) is 4. The maximum Gasteiger partial charge on any atom is 0.312 e. The fourth-order valence-corrected chi connectivity index (χ4v) is 3.15. The molecule has 2 heterocycles. The normalized spacial score (nSPS) is 14.3. The van der Waals surface area contributed by atoms with Gasteiger partial charge < -0.3 is 15.1 Å². The zero-order valence-electron chi connectivity index (χ0n) is 16.4. The predicted octanol–water partition coefficient (Wildman–Crippen LogP) is 0.990. The highest BCUT2D eigenvalue weighted by Gasteiger charge is 2.28. The Kier molecular flexibility index (Phi) is 5.77. The monoisotopic (exact) mass is 383 g/mol. The van der Waals surface area contributed by atoms with E-state index < -0.39 is 11.8 Å². The van der Waals surface area contributed by atoms with Crippen LogP contribution in [0.1, 0.15) is 29.9 Å². The summed E-state index contributed by atoms with van der Waals surface area (Å²) in [5.41, 5.74) is 2.50. The number of rotatable bonds is 3. The molecule has 1 aromatic heterocycles. The molecule has 1 aliphatic rings. The van der Waals surface area contributed by atoms with Crippen LogP contribution in [-0.4, -0.2) is 69.5 Å². The Balaban J connectivity index is 1.59. The average molecular weight is 383 g/mol. The van der Waals surface area contributed by atoms with Crippen molar-refractivity contribution in [3.8, 4) is 5.69 Å². The second kappa shape index (κ2) is 8.24. The van der Waals surface area contributed by atoms with Crippen LogP contribution in [0.3, 0.4) is 0 Å². The zero-order valence-corrected chi connectivity index (χ0v) is 16.4. The lowest BCUT2D eigenvalue weighted by atomic mass is 10.1. The van der Waals surface area contributed by atoms with E-state index in [9.17, 15) is 14.4 Å². The van der Waals surface area contributed by atoms with Gasteiger partial charge in [-0.2, -0.15) is 5.10 Å². The molecule has 3 rings (SSSR count). The van der Waals surface area contributed by atoms with Gasteiger partial charge in [0.15, 0.2) is 0 Å². The Hall–Kier alpha value is -3.16. The molecule has 1 saturated heterocycles. The highest BCUT2D eigenvalue weighted by Crippen LogP contribution is 2.14. The molecule has 1 N–H and O–H groups in total. The second-order valence-corrected chi connectivity index (χ2v) is 7.14. The smallest absolute Gasteiger partial charge is 0.312 e. The van der Waals surface area contributed by atoms with Crippen molar-refractivity contribution < 1.29 is 14.4 Å². The Morgan fingerprint density at radius 2 is 1.57 bits per heavy atom. The van der Waals surface area contributed by atoms with Gasteiger partial charge in [0.1, 0.15) is 0 Å². The van der Waals surface area contributed by atoms with Crippen molar-refractivity contribution in [2.45, 2.75) is 26.8 Å². The van der Waals surface area contributed by atoms with Gasteiger partial charge in [-0.05, 0) is 51.1 Å². The van der Waals surface area contributed by atoms with Gasteiger partial charge in [0.05, 0.1) is 5.69 Å². The van der Waals surface area contributed by atoms with Crippen LogP contribution < -0.4 is 5.32 Å². The summed E-state index contributed by atoms with van der Waals surface area (Å²) < 4.78 is 1.81. The minimum Gasteiger partial charge on any atom is -0.346 e. The number of amides is 3. The lowest BCUT2D eigenvalue weighted by Crippen LogP contribution is -2.54. The van der Waals surface area contributed by atoms with Gasteiger partial charge >= 0.3 is 11.8 Å². The summed E-state index contributed by atoms with van der Waals surface area (Å²) in [6, 6.07) is 9.12. The van der Waals surface area contributed by atoms with E-state index in [0.717, 1.165) is 11.4 Å².